The van der Waals surface area contributed by atoms with E-state index in [1.807, 2.05) is 0 Å². The summed E-state index contributed by atoms with van der Waals surface area (Å²) < 4.78 is 37.6. The molecule has 2 rings (SSSR count). The van der Waals surface area contributed by atoms with Crippen molar-refractivity contribution in [2.75, 3.05) is 20.8 Å². The van der Waals surface area contributed by atoms with Crippen molar-refractivity contribution in [3.05, 3.63) is 18.2 Å². The minimum atomic E-state index is -3.75. The lowest BCUT2D eigenvalue weighted by Gasteiger charge is -2.40. The minimum Gasteiger partial charge on any atom is -0.497 e. The molecule has 112 valence electrons. The maximum absolute atomic E-state index is 12.4. The molecule has 1 saturated carbocycles. The van der Waals surface area contributed by atoms with Gasteiger partial charge in [0.15, 0.2) is 0 Å². The van der Waals surface area contributed by atoms with Crippen LogP contribution in [0.25, 0.3) is 0 Å². The quantitative estimate of drug-likeness (QED) is 0.815. The summed E-state index contributed by atoms with van der Waals surface area (Å²) in [6, 6.07) is 4.51. The fraction of sp³-hybridized carbons (Fsp3) is 0.538. The summed E-state index contributed by atoms with van der Waals surface area (Å²) in [5.74, 6) is 0.727. The molecule has 1 aromatic carbocycles. The average Bonchev–Trinajstić information content (AvgIpc) is 2.42. The summed E-state index contributed by atoms with van der Waals surface area (Å²) in [6.45, 7) is -0.204. The predicted octanol–water partition coefficient (Wildman–Crippen LogP) is 0.897. The van der Waals surface area contributed by atoms with Gasteiger partial charge < -0.3 is 14.6 Å². The van der Waals surface area contributed by atoms with Gasteiger partial charge in [-0.2, -0.15) is 0 Å². The molecule has 0 amide bonds. The number of methoxy groups -OCH3 is 2. The molecule has 0 spiro atoms. The highest BCUT2D eigenvalue weighted by Crippen LogP contribution is 2.35. The first-order chi connectivity index (χ1) is 9.46. The SMILES string of the molecule is COc1ccc(S(=O)(=O)NC2(CO)CCC2)c(OC)c1. The molecule has 0 saturated heterocycles. The number of benzene rings is 1. The average molecular weight is 301 g/mol. The number of ether oxygens (including phenoxy) is 2. The van der Waals surface area contributed by atoms with Crippen LogP contribution in [0.4, 0.5) is 0 Å². The van der Waals surface area contributed by atoms with Crippen LogP contribution in [0.2, 0.25) is 0 Å². The fourth-order valence-electron chi connectivity index (χ4n) is 2.23. The van der Waals surface area contributed by atoms with Crippen LogP contribution >= 0.6 is 0 Å². The zero-order valence-corrected chi connectivity index (χ0v) is 12.4. The fourth-order valence-corrected chi connectivity index (χ4v) is 3.84. The van der Waals surface area contributed by atoms with E-state index < -0.39 is 15.6 Å². The number of hydrogen-bond donors (Lipinski definition) is 2. The van der Waals surface area contributed by atoms with Gasteiger partial charge >= 0.3 is 0 Å². The van der Waals surface area contributed by atoms with E-state index in [-0.39, 0.29) is 17.3 Å². The van der Waals surface area contributed by atoms with Gasteiger partial charge in [0.2, 0.25) is 10.0 Å². The normalized spacial score (nSPS) is 17.4. The number of nitrogens with one attached hydrogen (secondary N) is 1. The highest BCUT2D eigenvalue weighted by atomic mass is 32.2. The monoisotopic (exact) mass is 301 g/mol. The van der Waals surface area contributed by atoms with E-state index in [1.54, 1.807) is 6.07 Å². The van der Waals surface area contributed by atoms with E-state index in [1.165, 1.54) is 26.4 Å². The maximum Gasteiger partial charge on any atom is 0.244 e. The Balaban J connectivity index is 2.34. The molecule has 0 heterocycles. The van der Waals surface area contributed by atoms with Gasteiger partial charge in [-0.05, 0) is 31.4 Å². The van der Waals surface area contributed by atoms with Crippen molar-refractivity contribution < 1.29 is 23.0 Å². The third-order valence-corrected chi connectivity index (χ3v) is 5.24. The van der Waals surface area contributed by atoms with E-state index in [0.717, 1.165) is 6.42 Å². The molecule has 20 heavy (non-hydrogen) atoms. The number of sulfonamides is 1. The Labute approximate surface area is 118 Å². The molecule has 0 aliphatic heterocycles. The summed E-state index contributed by atoms with van der Waals surface area (Å²) in [6.07, 6.45) is 2.19. The molecule has 1 aliphatic carbocycles. The molecule has 1 aliphatic rings. The Morgan fingerprint density at radius 2 is 2.00 bits per heavy atom. The molecule has 0 unspecified atom stereocenters. The molecule has 1 aromatic rings. The van der Waals surface area contributed by atoms with Gasteiger partial charge in [0.05, 0.1) is 26.4 Å². The Morgan fingerprint density at radius 3 is 2.45 bits per heavy atom. The molecule has 1 fully saturated rings. The van der Waals surface area contributed by atoms with Gasteiger partial charge in [-0.15, -0.1) is 0 Å². The van der Waals surface area contributed by atoms with Crippen LogP contribution in [0.1, 0.15) is 19.3 Å². The molecule has 0 bridgehead atoms. The van der Waals surface area contributed by atoms with Crippen molar-refractivity contribution in [1.29, 1.82) is 0 Å². The third-order valence-electron chi connectivity index (χ3n) is 3.62. The van der Waals surface area contributed by atoms with Crippen LogP contribution in [-0.2, 0) is 10.0 Å². The second kappa shape index (κ2) is 5.59. The third kappa shape index (κ3) is 2.74. The predicted molar refractivity (Wildman–Crippen MR) is 73.5 cm³/mol. The van der Waals surface area contributed by atoms with Gasteiger partial charge in [-0.1, -0.05) is 0 Å². The lowest BCUT2D eigenvalue weighted by molar-refractivity contribution is 0.110. The van der Waals surface area contributed by atoms with Crippen LogP contribution in [0.5, 0.6) is 11.5 Å². The number of rotatable bonds is 6. The second-order valence-corrected chi connectivity index (χ2v) is 6.57. The van der Waals surface area contributed by atoms with E-state index in [2.05, 4.69) is 4.72 Å². The van der Waals surface area contributed by atoms with Gasteiger partial charge in [-0.25, -0.2) is 13.1 Å². The Hall–Kier alpha value is -1.31. The molecule has 0 atom stereocenters. The standard InChI is InChI=1S/C13H19NO5S/c1-18-10-4-5-12(11(8-10)19-2)20(16,17)14-13(9-15)6-3-7-13/h4-5,8,14-15H,3,6-7,9H2,1-2H3. The van der Waals surface area contributed by atoms with Crippen molar-refractivity contribution in [3.63, 3.8) is 0 Å². The summed E-state index contributed by atoms with van der Waals surface area (Å²) in [5.41, 5.74) is -0.732. The van der Waals surface area contributed by atoms with Crippen LogP contribution in [0.3, 0.4) is 0 Å². The van der Waals surface area contributed by atoms with Crippen LogP contribution in [0.15, 0.2) is 23.1 Å². The number of aliphatic hydroxyl groups excluding tert-OH is 1. The van der Waals surface area contributed by atoms with E-state index in [0.29, 0.717) is 18.6 Å². The summed E-state index contributed by atoms with van der Waals surface area (Å²) >= 11 is 0. The Kier molecular flexibility index (Phi) is 4.22. The highest BCUT2D eigenvalue weighted by molar-refractivity contribution is 7.89. The van der Waals surface area contributed by atoms with Crippen LogP contribution in [-0.4, -0.2) is 39.9 Å². The zero-order chi connectivity index (χ0) is 14.8. The van der Waals surface area contributed by atoms with Crippen LogP contribution in [0, 0.1) is 0 Å². The van der Waals surface area contributed by atoms with E-state index in [4.69, 9.17) is 9.47 Å². The highest BCUT2D eigenvalue weighted by Gasteiger charge is 2.40. The molecule has 7 heteroatoms. The minimum absolute atomic E-state index is 0.0422. The molecular weight excluding hydrogens is 282 g/mol. The summed E-state index contributed by atoms with van der Waals surface area (Å²) in [7, 11) is -0.851. The van der Waals surface area contributed by atoms with Crippen molar-refractivity contribution in [2.24, 2.45) is 0 Å². The van der Waals surface area contributed by atoms with Gasteiger partial charge in [0, 0.05) is 6.07 Å². The van der Waals surface area contributed by atoms with E-state index in [9.17, 15) is 13.5 Å². The molecular formula is C13H19NO5S. The molecule has 6 nitrogen and oxygen atoms in total. The van der Waals surface area contributed by atoms with Gasteiger partial charge in [0.1, 0.15) is 16.4 Å². The van der Waals surface area contributed by atoms with Crippen molar-refractivity contribution in [3.8, 4) is 11.5 Å². The maximum atomic E-state index is 12.4. The second-order valence-electron chi connectivity index (χ2n) is 4.91. The Morgan fingerprint density at radius 1 is 1.30 bits per heavy atom. The van der Waals surface area contributed by atoms with Crippen molar-refractivity contribution in [1.82, 2.24) is 4.72 Å². The molecule has 0 radical (unpaired) electrons. The summed E-state index contributed by atoms with van der Waals surface area (Å²) in [4.78, 5) is 0.0422. The lowest BCUT2D eigenvalue weighted by Crippen LogP contribution is -2.55. The first kappa shape index (κ1) is 15.1. The van der Waals surface area contributed by atoms with Crippen LogP contribution < -0.4 is 14.2 Å². The number of hydrogen-bond acceptors (Lipinski definition) is 5. The zero-order valence-electron chi connectivity index (χ0n) is 11.5. The molecule has 0 aromatic heterocycles. The van der Waals surface area contributed by atoms with Gasteiger partial charge in [-0.3, -0.25) is 0 Å². The largest absolute Gasteiger partial charge is 0.497 e. The lowest BCUT2D eigenvalue weighted by atomic mass is 9.78. The van der Waals surface area contributed by atoms with E-state index >= 15 is 0 Å². The topological polar surface area (TPSA) is 84.9 Å². The first-order valence-corrected chi connectivity index (χ1v) is 7.81. The summed E-state index contributed by atoms with van der Waals surface area (Å²) in [5, 5.41) is 9.38. The number of aliphatic hydroxyl groups is 1. The Bertz CT molecular complexity index is 575. The van der Waals surface area contributed by atoms with Crippen molar-refractivity contribution >= 4 is 10.0 Å². The smallest absolute Gasteiger partial charge is 0.244 e. The first-order valence-electron chi connectivity index (χ1n) is 6.33. The van der Waals surface area contributed by atoms with Gasteiger partial charge in [0.25, 0.3) is 0 Å². The molecule has 2 N–H and O–H groups in total. The van der Waals surface area contributed by atoms with Crippen molar-refractivity contribution in [2.45, 2.75) is 29.7 Å².